The monoisotopic (exact) mass is 339 g/mol. The average Bonchev–Trinajstić information content (AvgIpc) is 3.16. The topological polar surface area (TPSA) is 73.1 Å². The second-order valence-corrected chi connectivity index (χ2v) is 5.71. The number of ether oxygens (including phenoxy) is 1. The Hall–Kier alpha value is -3.29. The van der Waals surface area contributed by atoms with Crippen LogP contribution >= 0.6 is 0 Å². The fourth-order valence-corrected chi connectivity index (χ4v) is 2.78. The molecule has 8 heteroatoms. The van der Waals surface area contributed by atoms with Crippen LogP contribution in [0.1, 0.15) is 17.3 Å². The van der Waals surface area contributed by atoms with Gasteiger partial charge in [-0.2, -0.15) is 0 Å². The molecule has 0 saturated heterocycles. The highest BCUT2D eigenvalue weighted by molar-refractivity contribution is 6.07. The Morgan fingerprint density at radius 3 is 3.04 bits per heavy atom. The number of fused-ring (bicyclic) bond motifs is 1. The van der Waals surface area contributed by atoms with Crippen LogP contribution < -0.4 is 9.64 Å². The number of amides is 1. The number of carbonyl (C=O) groups excluding carboxylic acids is 1. The van der Waals surface area contributed by atoms with Gasteiger partial charge in [-0.05, 0) is 25.1 Å². The van der Waals surface area contributed by atoms with Crippen molar-refractivity contribution in [2.24, 2.45) is 0 Å². The highest BCUT2D eigenvalue weighted by atomic mass is 19.1. The number of pyridine rings is 1. The van der Waals surface area contributed by atoms with E-state index in [9.17, 15) is 9.18 Å². The molecular formula is C17H14FN5O2. The van der Waals surface area contributed by atoms with Gasteiger partial charge in [0.2, 0.25) is 0 Å². The van der Waals surface area contributed by atoms with E-state index in [0.29, 0.717) is 23.5 Å². The Morgan fingerprint density at radius 1 is 1.36 bits per heavy atom. The predicted molar refractivity (Wildman–Crippen MR) is 87.3 cm³/mol. The van der Waals surface area contributed by atoms with Gasteiger partial charge in [0, 0.05) is 6.20 Å². The number of hydrogen-bond acceptors (Lipinski definition) is 5. The molecular weight excluding hydrogens is 325 g/mol. The van der Waals surface area contributed by atoms with Gasteiger partial charge in [0.1, 0.15) is 6.10 Å². The third kappa shape index (κ3) is 2.71. The van der Waals surface area contributed by atoms with Crippen LogP contribution in [-0.4, -0.2) is 38.5 Å². The van der Waals surface area contributed by atoms with E-state index in [1.165, 1.54) is 28.0 Å². The normalized spacial score (nSPS) is 16.2. The number of aromatic nitrogens is 4. The Balaban J connectivity index is 1.73. The Bertz CT molecular complexity index is 929. The number of para-hydroxylation sites is 1. The van der Waals surface area contributed by atoms with Gasteiger partial charge >= 0.3 is 0 Å². The van der Waals surface area contributed by atoms with Gasteiger partial charge in [-0.3, -0.25) is 9.78 Å². The first-order valence-corrected chi connectivity index (χ1v) is 7.72. The van der Waals surface area contributed by atoms with Crippen molar-refractivity contribution in [2.45, 2.75) is 13.0 Å². The summed E-state index contributed by atoms with van der Waals surface area (Å²) in [5, 5.41) is 7.64. The zero-order valence-electron chi connectivity index (χ0n) is 13.3. The lowest BCUT2D eigenvalue weighted by molar-refractivity contribution is 0.0959. The first-order chi connectivity index (χ1) is 12.1. The highest BCUT2D eigenvalue weighted by Crippen LogP contribution is 2.36. The lowest BCUT2D eigenvalue weighted by Gasteiger charge is -2.33. The van der Waals surface area contributed by atoms with Gasteiger partial charge in [-0.25, -0.2) is 9.07 Å². The van der Waals surface area contributed by atoms with E-state index in [1.54, 1.807) is 37.5 Å². The van der Waals surface area contributed by atoms with E-state index in [-0.39, 0.29) is 17.8 Å². The minimum Gasteiger partial charge on any atom is -0.484 e. The second kappa shape index (κ2) is 5.97. The van der Waals surface area contributed by atoms with Crippen LogP contribution in [0.25, 0.3) is 5.69 Å². The summed E-state index contributed by atoms with van der Waals surface area (Å²) in [6.07, 6.45) is 5.94. The van der Waals surface area contributed by atoms with Gasteiger partial charge in [-0.1, -0.05) is 11.3 Å². The highest BCUT2D eigenvalue weighted by Gasteiger charge is 2.30. The first kappa shape index (κ1) is 15.3. The fourth-order valence-electron chi connectivity index (χ4n) is 2.78. The quantitative estimate of drug-likeness (QED) is 0.716. The number of anilines is 1. The van der Waals surface area contributed by atoms with Crippen LogP contribution in [0, 0.1) is 5.82 Å². The summed E-state index contributed by atoms with van der Waals surface area (Å²) in [6.45, 7) is 2.11. The lowest BCUT2D eigenvalue weighted by Crippen LogP contribution is -2.42. The van der Waals surface area contributed by atoms with E-state index in [4.69, 9.17) is 4.74 Å². The molecule has 4 rings (SSSR count). The number of halogens is 1. The molecule has 7 nitrogen and oxygen atoms in total. The van der Waals surface area contributed by atoms with Gasteiger partial charge in [-0.15, -0.1) is 5.10 Å². The number of rotatable bonds is 2. The van der Waals surface area contributed by atoms with Crippen molar-refractivity contribution in [3.8, 4) is 11.4 Å². The summed E-state index contributed by atoms with van der Waals surface area (Å²) in [7, 11) is 0. The Labute approximate surface area is 142 Å². The smallest absolute Gasteiger partial charge is 0.260 e. The summed E-state index contributed by atoms with van der Waals surface area (Å²) in [5.74, 6) is -0.678. The summed E-state index contributed by atoms with van der Waals surface area (Å²) in [6, 6.07) is 6.20. The third-order valence-electron chi connectivity index (χ3n) is 3.90. The SMILES string of the molecule is CC1CN(C(=O)c2cncc(-n3ccnn3)c2)c2cccc(F)c2O1. The summed E-state index contributed by atoms with van der Waals surface area (Å²) < 4.78 is 21.1. The van der Waals surface area contributed by atoms with Gasteiger partial charge in [0.05, 0.1) is 42.1 Å². The number of hydrogen-bond donors (Lipinski definition) is 0. The van der Waals surface area contributed by atoms with Crippen LogP contribution in [0.3, 0.4) is 0 Å². The van der Waals surface area contributed by atoms with Gasteiger partial charge in [0.25, 0.3) is 5.91 Å². The van der Waals surface area contributed by atoms with Gasteiger partial charge < -0.3 is 9.64 Å². The largest absolute Gasteiger partial charge is 0.484 e. The molecule has 3 aromatic rings. The third-order valence-corrected chi connectivity index (χ3v) is 3.90. The minimum absolute atomic E-state index is 0.0926. The lowest BCUT2D eigenvalue weighted by atomic mass is 10.1. The molecule has 1 aliphatic rings. The van der Waals surface area contributed by atoms with E-state index in [2.05, 4.69) is 15.3 Å². The number of carbonyl (C=O) groups is 1. The van der Waals surface area contributed by atoms with Crippen molar-refractivity contribution in [3.63, 3.8) is 0 Å². The molecule has 0 aliphatic carbocycles. The van der Waals surface area contributed by atoms with Crippen molar-refractivity contribution in [3.05, 3.63) is 60.4 Å². The average molecular weight is 339 g/mol. The molecule has 0 N–H and O–H groups in total. The Morgan fingerprint density at radius 2 is 2.24 bits per heavy atom. The maximum atomic E-state index is 14.0. The summed E-state index contributed by atoms with van der Waals surface area (Å²) >= 11 is 0. The van der Waals surface area contributed by atoms with Crippen LogP contribution in [-0.2, 0) is 0 Å². The first-order valence-electron chi connectivity index (χ1n) is 7.72. The molecule has 1 atom stereocenters. The van der Waals surface area contributed by atoms with E-state index >= 15 is 0 Å². The zero-order valence-corrected chi connectivity index (χ0v) is 13.3. The molecule has 25 heavy (non-hydrogen) atoms. The molecule has 0 bridgehead atoms. The molecule has 126 valence electrons. The van der Waals surface area contributed by atoms with E-state index in [0.717, 1.165) is 0 Å². The second-order valence-electron chi connectivity index (χ2n) is 5.71. The van der Waals surface area contributed by atoms with Crippen molar-refractivity contribution >= 4 is 11.6 Å². The number of benzene rings is 1. The molecule has 0 saturated carbocycles. The Kier molecular flexibility index (Phi) is 3.64. The van der Waals surface area contributed by atoms with Crippen LogP contribution in [0.4, 0.5) is 10.1 Å². The summed E-state index contributed by atoms with van der Waals surface area (Å²) in [4.78, 5) is 18.6. The molecule has 1 amide bonds. The van der Waals surface area contributed by atoms with E-state index < -0.39 is 5.82 Å². The molecule has 1 aromatic carbocycles. The molecule has 0 fully saturated rings. The number of nitrogens with zero attached hydrogens (tertiary/aromatic N) is 5. The molecule has 0 radical (unpaired) electrons. The van der Waals surface area contributed by atoms with Crippen molar-refractivity contribution in [1.82, 2.24) is 20.0 Å². The van der Waals surface area contributed by atoms with Crippen molar-refractivity contribution < 1.29 is 13.9 Å². The van der Waals surface area contributed by atoms with E-state index in [1.807, 2.05) is 0 Å². The van der Waals surface area contributed by atoms with Crippen LogP contribution in [0.15, 0.2) is 49.1 Å². The fraction of sp³-hybridized carbons (Fsp3) is 0.176. The van der Waals surface area contributed by atoms with Crippen LogP contribution in [0.2, 0.25) is 0 Å². The standard InChI is InChI=1S/C17H14FN5O2/c1-11-10-22(15-4-2-3-14(18)16(15)25-11)17(24)12-7-13(9-19-8-12)23-6-5-20-21-23/h2-9,11H,10H2,1H3. The molecule has 1 aliphatic heterocycles. The zero-order chi connectivity index (χ0) is 17.4. The van der Waals surface area contributed by atoms with Crippen LogP contribution in [0.5, 0.6) is 5.75 Å². The minimum atomic E-state index is -0.489. The van der Waals surface area contributed by atoms with Crippen molar-refractivity contribution in [2.75, 3.05) is 11.4 Å². The maximum Gasteiger partial charge on any atom is 0.260 e. The predicted octanol–water partition coefficient (Wildman–Crippen LogP) is 2.23. The molecule has 2 aromatic heterocycles. The summed E-state index contributed by atoms with van der Waals surface area (Å²) in [5.41, 5.74) is 1.40. The molecule has 0 spiro atoms. The maximum absolute atomic E-state index is 14.0. The van der Waals surface area contributed by atoms with Crippen molar-refractivity contribution in [1.29, 1.82) is 0 Å². The molecule has 1 unspecified atom stereocenters. The molecule has 3 heterocycles. The van der Waals surface area contributed by atoms with Gasteiger partial charge in [0.15, 0.2) is 11.6 Å².